The maximum atomic E-state index is 13.5. The number of aromatic nitrogens is 2. The SMILES string of the molecule is O=C(c1cccc(-c2nc(-c3cccc(F)c3)no2)c1)N1CCN(c2ccc(F)cc2)CC1. The van der Waals surface area contributed by atoms with Crippen LogP contribution in [0.1, 0.15) is 10.4 Å². The lowest BCUT2D eigenvalue weighted by Crippen LogP contribution is -2.48. The summed E-state index contributed by atoms with van der Waals surface area (Å²) in [4.78, 5) is 21.4. The highest BCUT2D eigenvalue weighted by atomic mass is 19.1. The van der Waals surface area contributed by atoms with E-state index >= 15 is 0 Å². The van der Waals surface area contributed by atoms with Crippen molar-refractivity contribution in [2.45, 2.75) is 0 Å². The van der Waals surface area contributed by atoms with E-state index in [0.717, 1.165) is 5.69 Å². The van der Waals surface area contributed by atoms with E-state index in [1.165, 1.54) is 24.3 Å². The third-order valence-corrected chi connectivity index (χ3v) is 5.62. The van der Waals surface area contributed by atoms with Gasteiger partial charge in [0.2, 0.25) is 5.82 Å². The zero-order valence-corrected chi connectivity index (χ0v) is 17.6. The highest BCUT2D eigenvalue weighted by Crippen LogP contribution is 2.24. The molecule has 1 saturated heterocycles. The maximum absolute atomic E-state index is 13.5. The fraction of sp³-hybridized carbons (Fsp3) is 0.160. The molecule has 4 aromatic rings. The van der Waals surface area contributed by atoms with Gasteiger partial charge in [0.25, 0.3) is 11.8 Å². The van der Waals surface area contributed by atoms with Crippen LogP contribution in [-0.4, -0.2) is 47.1 Å². The minimum Gasteiger partial charge on any atom is -0.368 e. The summed E-state index contributed by atoms with van der Waals surface area (Å²) in [5.74, 6) is -0.202. The van der Waals surface area contributed by atoms with Gasteiger partial charge in [-0.2, -0.15) is 4.98 Å². The van der Waals surface area contributed by atoms with Crippen molar-refractivity contribution in [3.8, 4) is 22.8 Å². The highest BCUT2D eigenvalue weighted by molar-refractivity contribution is 5.95. The van der Waals surface area contributed by atoms with E-state index in [1.54, 1.807) is 53.4 Å². The van der Waals surface area contributed by atoms with Crippen molar-refractivity contribution in [2.75, 3.05) is 31.1 Å². The zero-order valence-electron chi connectivity index (χ0n) is 17.6. The molecule has 0 unspecified atom stereocenters. The molecular formula is C25H20F2N4O2. The standard InChI is InChI=1S/C25H20F2N4O2/c26-20-7-9-22(10-8-20)30-11-13-31(14-12-30)25(32)19-5-1-4-18(15-19)24-28-23(29-33-24)17-3-2-6-21(27)16-17/h1-10,15-16H,11-14H2. The summed E-state index contributed by atoms with van der Waals surface area (Å²) in [5.41, 5.74) is 2.58. The van der Waals surface area contributed by atoms with Gasteiger partial charge >= 0.3 is 0 Å². The minimum atomic E-state index is -0.383. The topological polar surface area (TPSA) is 62.5 Å². The Morgan fingerprint density at radius 2 is 1.55 bits per heavy atom. The third kappa shape index (κ3) is 4.45. The van der Waals surface area contributed by atoms with Crippen LogP contribution in [0.3, 0.4) is 0 Å². The van der Waals surface area contributed by atoms with Crippen LogP contribution >= 0.6 is 0 Å². The average molecular weight is 446 g/mol. The van der Waals surface area contributed by atoms with Crippen LogP contribution < -0.4 is 4.90 Å². The average Bonchev–Trinajstić information content (AvgIpc) is 3.35. The molecule has 1 fully saturated rings. The number of hydrogen-bond donors (Lipinski definition) is 0. The van der Waals surface area contributed by atoms with Crippen LogP contribution in [0.25, 0.3) is 22.8 Å². The number of anilines is 1. The molecule has 1 aliphatic rings. The van der Waals surface area contributed by atoms with E-state index in [2.05, 4.69) is 15.0 Å². The van der Waals surface area contributed by atoms with Crippen LogP contribution in [0.2, 0.25) is 0 Å². The third-order valence-electron chi connectivity index (χ3n) is 5.62. The van der Waals surface area contributed by atoms with Crippen LogP contribution in [0.4, 0.5) is 14.5 Å². The van der Waals surface area contributed by atoms with Crippen molar-refractivity contribution in [3.05, 3.63) is 90.0 Å². The van der Waals surface area contributed by atoms with Gasteiger partial charge in [0.05, 0.1) is 0 Å². The lowest BCUT2D eigenvalue weighted by molar-refractivity contribution is 0.0747. The highest BCUT2D eigenvalue weighted by Gasteiger charge is 2.23. The van der Waals surface area contributed by atoms with Gasteiger partial charge in [-0.25, -0.2) is 8.78 Å². The van der Waals surface area contributed by atoms with Gasteiger partial charge in [-0.1, -0.05) is 23.4 Å². The number of halogens is 2. The molecule has 33 heavy (non-hydrogen) atoms. The van der Waals surface area contributed by atoms with Crippen molar-refractivity contribution in [1.82, 2.24) is 15.0 Å². The van der Waals surface area contributed by atoms with Crippen LogP contribution in [-0.2, 0) is 0 Å². The first-order valence-corrected chi connectivity index (χ1v) is 10.6. The summed E-state index contributed by atoms with van der Waals surface area (Å²) >= 11 is 0. The normalized spacial score (nSPS) is 13.9. The zero-order chi connectivity index (χ0) is 22.8. The number of nitrogens with zero attached hydrogens (tertiary/aromatic N) is 4. The number of carbonyl (C=O) groups excluding carboxylic acids is 1. The molecule has 0 aliphatic carbocycles. The second-order valence-electron chi connectivity index (χ2n) is 7.77. The Balaban J connectivity index is 1.29. The Kier molecular flexibility index (Phi) is 5.56. The lowest BCUT2D eigenvalue weighted by Gasteiger charge is -2.36. The molecule has 0 N–H and O–H groups in total. The minimum absolute atomic E-state index is 0.0829. The quantitative estimate of drug-likeness (QED) is 0.457. The van der Waals surface area contributed by atoms with Gasteiger partial charge in [0, 0.05) is 48.6 Å². The van der Waals surface area contributed by atoms with Gasteiger partial charge in [-0.15, -0.1) is 0 Å². The summed E-state index contributed by atoms with van der Waals surface area (Å²) in [6, 6.07) is 19.4. The van der Waals surface area contributed by atoms with Gasteiger partial charge in [-0.05, 0) is 54.6 Å². The molecule has 2 heterocycles. The first-order chi connectivity index (χ1) is 16.1. The molecule has 0 spiro atoms. The van der Waals surface area contributed by atoms with Gasteiger partial charge in [0.15, 0.2) is 0 Å². The summed E-state index contributed by atoms with van der Waals surface area (Å²) in [7, 11) is 0. The predicted molar refractivity (Wildman–Crippen MR) is 120 cm³/mol. The van der Waals surface area contributed by atoms with E-state index in [-0.39, 0.29) is 29.3 Å². The Bertz CT molecular complexity index is 1280. The summed E-state index contributed by atoms with van der Waals surface area (Å²) in [6.45, 7) is 2.45. The lowest BCUT2D eigenvalue weighted by atomic mass is 10.1. The number of rotatable bonds is 4. The van der Waals surface area contributed by atoms with Gasteiger partial charge in [0.1, 0.15) is 11.6 Å². The molecule has 0 atom stereocenters. The molecule has 5 rings (SSSR count). The smallest absolute Gasteiger partial charge is 0.258 e. The van der Waals surface area contributed by atoms with Gasteiger partial charge < -0.3 is 14.3 Å². The Morgan fingerprint density at radius 3 is 2.30 bits per heavy atom. The Labute approximate surface area is 189 Å². The second-order valence-corrected chi connectivity index (χ2v) is 7.77. The molecule has 0 radical (unpaired) electrons. The molecule has 8 heteroatoms. The summed E-state index contributed by atoms with van der Waals surface area (Å²) < 4.78 is 32.0. The molecule has 1 aliphatic heterocycles. The first-order valence-electron chi connectivity index (χ1n) is 10.6. The fourth-order valence-electron chi connectivity index (χ4n) is 3.87. The monoisotopic (exact) mass is 446 g/mol. The molecule has 1 amide bonds. The van der Waals surface area contributed by atoms with Crippen molar-refractivity contribution in [3.63, 3.8) is 0 Å². The van der Waals surface area contributed by atoms with E-state index in [1.807, 2.05) is 0 Å². The van der Waals surface area contributed by atoms with Crippen LogP contribution in [0.15, 0.2) is 77.3 Å². The molecule has 0 bridgehead atoms. The van der Waals surface area contributed by atoms with E-state index < -0.39 is 0 Å². The van der Waals surface area contributed by atoms with Crippen LogP contribution in [0, 0.1) is 11.6 Å². The molecule has 1 aromatic heterocycles. The summed E-state index contributed by atoms with van der Waals surface area (Å²) in [5, 5.41) is 3.93. The van der Waals surface area contributed by atoms with Crippen molar-refractivity contribution in [1.29, 1.82) is 0 Å². The second kappa shape index (κ2) is 8.82. The number of benzene rings is 3. The molecular weight excluding hydrogens is 426 g/mol. The van der Waals surface area contributed by atoms with Gasteiger partial charge in [-0.3, -0.25) is 4.79 Å². The summed E-state index contributed by atoms with van der Waals surface area (Å²) in [6.07, 6.45) is 0. The first kappa shape index (κ1) is 20.8. The van der Waals surface area contributed by atoms with E-state index in [9.17, 15) is 13.6 Å². The maximum Gasteiger partial charge on any atom is 0.258 e. The largest absolute Gasteiger partial charge is 0.368 e. The molecule has 6 nitrogen and oxygen atoms in total. The van der Waals surface area contributed by atoms with Crippen LogP contribution in [0.5, 0.6) is 0 Å². The Morgan fingerprint density at radius 1 is 0.818 bits per heavy atom. The molecule has 3 aromatic carbocycles. The molecule has 166 valence electrons. The fourth-order valence-corrected chi connectivity index (χ4v) is 3.87. The van der Waals surface area contributed by atoms with Crippen molar-refractivity contribution >= 4 is 11.6 Å². The number of hydrogen-bond acceptors (Lipinski definition) is 5. The number of piperazine rings is 1. The number of carbonyl (C=O) groups is 1. The number of amides is 1. The van der Waals surface area contributed by atoms with Crippen molar-refractivity contribution in [2.24, 2.45) is 0 Å². The Hall–Kier alpha value is -4.07. The van der Waals surface area contributed by atoms with E-state index in [4.69, 9.17) is 4.52 Å². The molecule has 0 saturated carbocycles. The predicted octanol–water partition coefficient (Wildman–Crippen LogP) is 4.64. The van der Waals surface area contributed by atoms with E-state index in [0.29, 0.717) is 42.9 Å². The van der Waals surface area contributed by atoms with Crippen molar-refractivity contribution < 1.29 is 18.1 Å².